The number of rotatable bonds is 9. The molecule has 0 fully saturated rings. The van der Waals surface area contributed by atoms with Gasteiger partial charge in [-0.3, -0.25) is 15.0 Å². The van der Waals surface area contributed by atoms with Crippen molar-refractivity contribution >= 4 is 11.8 Å². The highest BCUT2D eigenvalue weighted by Gasteiger charge is 2.15. The molecule has 2 unspecified atom stereocenters. The van der Waals surface area contributed by atoms with Crippen LogP contribution >= 0.6 is 0 Å². The monoisotopic (exact) mass is 258 g/mol. The summed E-state index contributed by atoms with van der Waals surface area (Å²) in [6.45, 7) is 4.10. The Hall–Kier alpha value is -1.14. The maximum absolute atomic E-state index is 11.6. The highest BCUT2D eigenvalue weighted by molar-refractivity contribution is 5.83. The van der Waals surface area contributed by atoms with Gasteiger partial charge in [-0.2, -0.15) is 0 Å². The molecule has 18 heavy (non-hydrogen) atoms. The Morgan fingerprint density at radius 2 is 1.78 bits per heavy atom. The second-order valence-electron chi connectivity index (χ2n) is 4.52. The molecule has 0 aromatic rings. The predicted octanol–water partition coefficient (Wildman–Crippen LogP) is 0.169. The van der Waals surface area contributed by atoms with Crippen LogP contribution in [0, 0.1) is 0 Å². The summed E-state index contributed by atoms with van der Waals surface area (Å²) in [6, 6.07) is 0.201. The van der Waals surface area contributed by atoms with Crippen molar-refractivity contribution in [3.63, 3.8) is 0 Å². The Morgan fingerprint density at radius 3 is 2.28 bits per heavy atom. The van der Waals surface area contributed by atoms with E-state index in [-0.39, 0.29) is 36.7 Å². The topological polar surface area (TPSA) is 110 Å². The minimum Gasteiger partial charge on any atom is -0.353 e. The Bertz CT molecular complexity index is 258. The number of nitrogens with one attached hydrogen (secondary N) is 2. The molecule has 0 aromatic carbocycles. The van der Waals surface area contributed by atoms with E-state index in [1.54, 1.807) is 0 Å². The molecule has 2 atom stereocenters. The van der Waals surface area contributed by atoms with Crippen LogP contribution < -0.4 is 22.3 Å². The van der Waals surface area contributed by atoms with E-state index in [9.17, 15) is 9.59 Å². The zero-order valence-electron chi connectivity index (χ0n) is 11.4. The van der Waals surface area contributed by atoms with Gasteiger partial charge in [-0.15, -0.1) is 0 Å². The van der Waals surface area contributed by atoms with Crippen LogP contribution in [0.2, 0.25) is 0 Å². The van der Waals surface area contributed by atoms with Crippen molar-refractivity contribution in [1.82, 2.24) is 10.7 Å². The molecule has 0 rings (SSSR count). The van der Waals surface area contributed by atoms with E-state index in [2.05, 4.69) is 12.2 Å². The molecule has 106 valence electrons. The maximum Gasteiger partial charge on any atom is 0.234 e. The first-order chi connectivity index (χ1) is 8.53. The molecule has 6 heteroatoms. The van der Waals surface area contributed by atoms with Crippen LogP contribution in [-0.4, -0.2) is 23.9 Å². The van der Waals surface area contributed by atoms with Crippen LogP contribution in [0.3, 0.4) is 0 Å². The van der Waals surface area contributed by atoms with E-state index in [4.69, 9.17) is 11.6 Å². The summed E-state index contributed by atoms with van der Waals surface area (Å²) in [5, 5.41) is 2.92. The number of nitrogens with two attached hydrogens (primary N) is 2. The van der Waals surface area contributed by atoms with Gasteiger partial charge in [0.1, 0.15) is 0 Å². The molecule has 6 nitrogen and oxygen atoms in total. The number of hydrazine groups is 1. The van der Waals surface area contributed by atoms with Gasteiger partial charge in [0.15, 0.2) is 0 Å². The molecular weight excluding hydrogens is 232 g/mol. The van der Waals surface area contributed by atoms with Crippen LogP contribution in [0.4, 0.5) is 0 Å². The number of amides is 2. The third kappa shape index (κ3) is 8.03. The summed E-state index contributed by atoms with van der Waals surface area (Å²) in [5.74, 6) is 4.49. The Kier molecular flexibility index (Phi) is 9.22. The molecular formula is C12H26N4O2. The van der Waals surface area contributed by atoms with Crippen LogP contribution in [0.5, 0.6) is 0 Å². The molecule has 0 radical (unpaired) electrons. The van der Waals surface area contributed by atoms with Gasteiger partial charge >= 0.3 is 0 Å². The molecule has 0 aliphatic carbocycles. The smallest absolute Gasteiger partial charge is 0.234 e. The molecule has 0 aromatic heterocycles. The van der Waals surface area contributed by atoms with Crippen molar-refractivity contribution in [2.75, 3.05) is 0 Å². The SMILES string of the molecule is CCCC(CC(N)CC)NC(=O)CCC(=O)NN. The molecule has 0 heterocycles. The van der Waals surface area contributed by atoms with Crippen LogP contribution in [0.25, 0.3) is 0 Å². The average Bonchev–Trinajstić information content (AvgIpc) is 2.35. The summed E-state index contributed by atoms with van der Waals surface area (Å²) in [4.78, 5) is 22.6. The van der Waals surface area contributed by atoms with E-state index in [0.29, 0.717) is 0 Å². The van der Waals surface area contributed by atoms with Crippen LogP contribution in [-0.2, 0) is 9.59 Å². The fraction of sp³-hybridized carbons (Fsp3) is 0.833. The van der Waals surface area contributed by atoms with E-state index >= 15 is 0 Å². The van der Waals surface area contributed by atoms with Gasteiger partial charge in [0, 0.05) is 24.9 Å². The van der Waals surface area contributed by atoms with Crippen molar-refractivity contribution in [3.05, 3.63) is 0 Å². The first-order valence-electron chi connectivity index (χ1n) is 6.57. The van der Waals surface area contributed by atoms with Crippen LogP contribution in [0.15, 0.2) is 0 Å². The van der Waals surface area contributed by atoms with Crippen molar-refractivity contribution in [2.24, 2.45) is 11.6 Å². The third-order valence-corrected chi connectivity index (χ3v) is 2.85. The number of carbonyl (C=O) groups is 2. The third-order valence-electron chi connectivity index (χ3n) is 2.85. The minimum atomic E-state index is -0.331. The van der Waals surface area contributed by atoms with Crippen molar-refractivity contribution in [3.8, 4) is 0 Å². The van der Waals surface area contributed by atoms with Gasteiger partial charge < -0.3 is 11.1 Å². The van der Waals surface area contributed by atoms with Crippen molar-refractivity contribution in [1.29, 1.82) is 0 Å². The molecule has 0 aliphatic rings. The Balaban J connectivity index is 4.06. The first kappa shape index (κ1) is 16.9. The average molecular weight is 258 g/mol. The molecule has 0 spiro atoms. The maximum atomic E-state index is 11.6. The lowest BCUT2D eigenvalue weighted by atomic mass is 10.0. The fourth-order valence-electron chi connectivity index (χ4n) is 1.73. The zero-order valence-corrected chi connectivity index (χ0v) is 11.4. The van der Waals surface area contributed by atoms with E-state index < -0.39 is 0 Å². The Labute approximate surface area is 109 Å². The predicted molar refractivity (Wildman–Crippen MR) is 71.3 cm³/mol. The summed E-state index contributed by atoms with van der Waals surface area (Å²) in [6.07, 6.45) is 3.84. The number of carbonyl (C=O) groups excluding carboxylic acids is 2. The number of hydrogen-bond donors (Lipinski definition) is 4. The minimum absolute atomic E-state index is 0.0957. The van der Waals surface area contributed by atoms with Gasteiger partial charge in [0.05, 0.1) is 0 Å². The van der Waals surface area contributed by atoms with Gasteiger partial charge in [-0.1, -0.05) is 20.3 Å². The summed E-state index contributed by atoms with van der Waals surface area (Å²) in [5.41, 5.74) is 7.89. The van der Waals surface area contributed by atoms with E-state index in [0.717, 1.165) is 25.7 Å². The van der Waals surface area contributed by atoms with Gasteiger partial charge in [0.25, 0.3) is 0 Å². The first-order valence-corrected chi connectivity index (χ1v) is 6.57. The highest BCUT2D eigenvalue weighted by atomic mass is 16.2. The second kappa shape index (κ2) is 9.85. The quantitative estimate of drug-likeness (QED) is 0.268. The normalized spacial score (nSPS) is 13.8. The number of hydrogen-bond acceptors (Lipinski definition) is 4. The molecule has 0 saturated heterocycles. The summed E-state index contributed by atoms with van der Waals surface area (Å²) >= 11 is 0. The van der Waals surface area contributed by atoms with Crippen LogP contribution in [0.1, 0.15) is 52.4 Å². The Morgan fingerprint density at radius 1 is 1.17 bits per heavy atom. The molecule has 0 aliphatic heterocycles. The molecule has 6 N–H and O–H groups in total. The van der Waals surface area contributed by atoms with Gasteiger partial charge in [-0.05, 0) is 19.3 Å². The standard InChI is InChI=1S/C12H26N4O2/c1-3-5-10(8-9(13)4-2)15-11(17)6-7-12(18)16-14/h9-10H,3-8,13-14H2,1-2H3,(H,15,17)(H,16,18). The lowest BCUT2D eigenvalue weighted by Crippen LogP contribution is -2.40. The van der Waals surface area contributed by atoms with Gasteiger partial charge in [-0.25, -0.2) is 5.84 Å². The summed E-state index contributed by atoms with van der Waals surface area (Å²) in [7, 11) is 0. The molecule has 2 amide bonds. The zero-order chi connectivity index (χ0) is 14.0. The molecule has 0 saturated carbocycles. The fourth-order valence-corrected chi connectivity index (χ4v) is 1.73. The summed E-state index contributed by atoms with van der Waals surface area (Å²) < 4.78 is 0. The lowest BCUT2D eigenvalue weighted by molar-refractivity contribution is -0.126. The van der Waals surface area contributed by atoms with E-state index in [1.165, 1.54) is 0 Å². The highest BCUT2D eigenvalue weighted by Crippen LogP contribution is 2.07. The van der Waals surface area contributed by atoms with Crippen molar-refractivity contribution in [2.45, 2.75) is 64.5 Å². The van der Waals surface area contributed by atoms with E-state index in [1.807, 2.05) is 12.3 Å². The second-order valence-corrected chi connectivity index (χ2v) is 4.52. The largest absolute Gasteiger partial charge is 0.353 e. The van der Waals surface area contributed by atoms with Gasteiger partial charge in [0.2, 0.25) is 11.8 Å². The van der Waals surface area contributed by atoms with Crippen molar-refractivity contribution < 1.29 is 9.59 Å². The molecule has 0 bridgehead atoms. The lowest BCUT2D eigenvalue weighted by Gasteiger charge is -2.21.